The monoisotopic (exact) mass is 300 g/mol. The first kappa shape index (κ1) is 13.6. The van der Waals surface area contributed by atoms with E-state index in [4.69, 9.17) is 16.3 Å². The van der Waals surface area contributed by atoms with Crippen molar-refractivity contribution in [1.82, 2.24) is 9.78 Å². The summed E-state index contributed by atoms with van der Waals surface area (Å²) in [6, 6.07) is 13.0. The van der Waals surface area contributed by atoms with Crippen LogP contribution in [0.3, 0.4) is 0 Å². The highest BCUT2D eigenvalue weighted by Gasteiger charge is 2.09. The first-order valence-electron chi connectivity index (χ1n) is 6.46. The fourth-order valence-corrected chi connectivity index (χ4v) is 2.33. The van der Waals surface area contributed by atoms with Crippen LogP contribution in [-0.4, -0.2) is 22.9 Å². The summed E-state index contributed by atoms with van der Waals surface area (Å²) in [5, 5.41) is 6.06. The molecule has 0 aliphatic carbocycles. The third kappa shape index (κ3) is 2.76. The van der Waals surface area contributed by atoms with Crippen LogP contribution in [0.15, 0.2) is 48.7 Å². The van der Waals surface area contributed by atoms with Gasteiger partial charge in [0.25, 0.3) is 0 Å². The molecule has 1 heterocycles. The van der Waals surface area contributed by atoms with Gasteiger partial charge in [-0.1, -0.05) is 29.8 Å². The van der Waals surface area contributed by atoms with Gasteiger partial charge in [-0.3, -0.25) is 4.68 Å². The van der Waals surface area contributed by atoms with Crippen LogP contribution in [0.4, 0.5) is 0 Å². The SMILES string of the molecule is COC(=O)c1ccc2cnn(Cc3ccc(Cl)cc3)c2c1. The molecule has 3 aromatic rings. The van der Waals surface area contributed by atoms with Crippen molar-refractivity contribution in [2.45, 2.75) is 6.54 Å². The van der Waals surface area contributed by atoms with E-state index in [1.54, 1.807) is 18.3 Å². The number of aromatic nitrogens is 2. The molecule has 0 N–H and O–H groups in total. The number of benzene rings is 2. The van der Waals surface area contributed by atoms with Crippen molar-refractivity contribution < 1.29 is 9.53 Å². The minimum atomic E-state index is -0.351. The second-order valence-electron chi connectivity index (χ2n) is 4.69. The molecule has 0 spiro atoms. The molecule has 2 aromatic carbocycles. The Morgan fingerprint density at radius 2 is 2.00 bits per heavy atom. The number of ether oxygens (including phenoxy) is 1. The van der Waals surface area contributed by atoms with E-state index in [-0.39, 0.29) is 5.97 Å². The Labute approximate surface area is 126 Å². The van der Waals surface area contributed by atoms with E-state index in [0.29, 0.717) is 17.1 Å². The minimum Gasteiger partial charge on any atom is -0.465 e. The molecule has 106 valence electrons. The molecule has 0 amide bonds. The smallest absolute Gasteiger partial charge is 0.337 e. The zero-order chi connectivity index (χ0) is 14.8. The van der Waals surface area contributed by atoms with E-state index >= 15 is 0 Å². The third-order valence-corrected chi connectivity index (χ3v) is 3.56. The minimum absolute atomic E-state index is 0.351. The van der Waals surface area contributed by atoms with Crippen LogP contribution in [0.2, 0.25) is 5.02 Å². The number of hydrogen-bond acceptors (Lipinski definition) is 3. The molecule has 0 bridgehead atoms. The molecule has 3 rings (SSSR count). The first-order valence-corrected chi connectivity index (χ1v) is 6.83. The fourth-order valence-electron chi connectivity index (χ4n) is 2.20. The van der Waals surface area contributed by atoms with Gasteiger partial charge in [0, 0.05) is 10.4 Å². The molecular weight excluding hydrogens is 288 g/mol. The van der Waals surface area contributed by atoms with E-state index in [1.165, 1.54) is 7.11 Å². The molecule has 0 aliphatic heterocycles. The zero-order valence-corrected chi connectivity index (χ0v) is 12.2. The van der Waals surface area contributed by atoms with Crippen molar-refractivity contribution in [3.05, 3.63) is 64.8 Å². The average Bonchev–Trinajstić information content (AvgIpc) is 2.91. The largest absolute Gasteiger partial charge is 0.465 e. The number of methoxy groups -OCH3 is 1. The molecule has 5 heteroatoms. The van der Waals surface area contributed by atoms with E-state index in [2.05, 4.69) is 5.10 Å². The highest BCUT2D eigenvalue weighted by Crippen LogP contribution is 2.18. The standard InChI is InChI=1S/C16H13ClN2O2/c1-21-16(20)12-4-5-13-9-18-19(15(13)8-12)10-11-2-6-14(17)7-3-11/h2-9H,10H2,1H3. The zero-order valence-electron chi connectivity index (χ0n) is 11.4. The van der Waals surface area contributed by atoms with Crippen molar-refractivity contribution in [3.8, 4) is 0 Å². The van der Waals surface area contributed by atoms with Gasteiger partial charge >= 0.3 is 5.97 Å². The van der Waals surface area contributed by atoms with Crippen molar-refractivity contribution in [3.63, 3.8) is 0 Å². The molecule has 0 radical (unpaired) electrons. The van der Waals surface area contributed by atoms with Crippen molar-refractivity contribution in [2.24, 2.45) is 0 Å². The number of nitrogens with zero attached hydrogens (tertiary/aromatic N) is 2. The summed E-state index contributed by atoms with van der Waals surface area (Å²) in [4.78, 5) is 11.6. The predicted octanol–water partition coefficient (Wildman–Crippen LogP) is 3.52. The van der Waals surface area contributed by atoms with Crippen molar-refractivity contribution >= 4 is 28.5 Å². The molecular formula is C16H13ClN2O2. The summed E-state index contributed by atoms with van der Waals surface area (Å²) in [5.41, 5.74) is 2.50. The third-order valence-electron chi connectivity index (χ3n) is 3.31. The maximum atomic E-state index is 11.6. The van der Waals surface area contributed by atoms with Crippen LogP contribution in [-0.2, 0) is 11.3 Å². The number of fused-ring (bicyclic) bond motifs is 1. The molecule has 1 aromatic heterocycles. The lowest BCUT2D eigenvalue weighted by atomic mass is 10.1. The van der Waals surface area contributed by atoms with Crippen LogP contribution < -0.4 is 0 Å². The van der Waals surface area contributed by atoms with Gasteiger partial charge in [-0.05, 0) is 29.8 Å². The molecule has 4 nitrogen and oxygen atoms in total. The quantitative estimate of drug-likeness (QED) is 0.695. The van der Waals surface area contributed by atoms with Gasteiger partial charge in [-0.15, -0.1) is 0 Å². The number of rotatable bonds is 3. The summed E-state index contributed by atoms with van der Waals surface area (Å²) in [6.45, 7) is 0.616. The maximum absolute atomic E-state index is 11.6. The summed E-state index contributed by atoms with van der Waals surface area (Å²) < 4.78 is 6.60. The molecule has 0 unspecified atom stereocenters. The predicted molar refractivity (Wildman–Crippen MR) is 81.6 cm³/mol. The second-order valence-corrected chi connectivity index (χ2v) is 5.13. The van der Waals surface area contributed by atoms with E-state index in [1.807, 2.05) is 35.0 Å². The Bertz CT molecular complexity index is 794. The van der Waals surface area contributed by atoms with Crippen LogP contribution in [0.5, 0.6) is 0 Å². The first-order chi connectivity index (χ1) is 10.2. The molecule has 0 saturated carbocycles. The van der Waals surface area contributed by atoms with E-state index in [0.717, 1.165) is 16.5 Å². The summed E-state index contributed by atoms with van der Waals surface area (Å²) in [6.07, 6.45) is 1.78. The number of halogens is 1. The normalized spacial score (nSPS) is 10.8. The highest BCUT2D eigenvalue weighted by molar-refractivity contribution is 6.30. The molecule has 0 saturated heterocycles. The van der Waals surface area contributed by atoms with Gasteiger partial charge in [-0.2, -0.15) is 5.10 Å². The summed E-state index contributed by atoms with van der Waals surface area (Å²) in [7, 11) is 1.37. The van der Waals surface area contributed by atoms with Crippen LogP contribution in [0.25, 0.3) is 10.9 Å². The van der Waals surface area contributed by atoms with Gasteiger partial charge in [-0.25, -0.2) is 4.79 Å². The Kier molecular flexibility index (Phi) is 3.62. The Hall–Kier alpha value is -2.33. The van der Waals surface area contributed by atoms with Gasteiger partial charge < -0.3 is 4.74 Å². The lowest BCUT2D eigenvalue weighted by Gasteiger charge is -2.05. The van der Waals surface area contributed by atoms with Crippen LogP contribution >= 0.6 is 11.6 Å². The van der Waals surface area contributed by atoms with Crippen molar-refractivity contribution in [1.29, 1.82) is 0 Å². The van der Waals surface area contributed by atoms with Crippen LogP contribution in [0, 0.1) is 0 Å². The molecule has 21 heavy (non-hydrogen) atoms. The molecule has 0 aliphatic rings. The second kappa shape index (κ2) is 5.58. The number of carbonyl (C=O) groups is 1. The van der Waals surface area contributed by atoms with E-state index < -0.39 is 0 Å². The highest BCUT2D eigenvalue weighted by atomic mass is 35.5. The average molecular weight is 301 g/mol. The van der Waals surface area contributed by atoms with Gasteiger partial charge in [0.1, 0.15) is 0 Å². The summed E-state index contributed by atoms with van der Waals surface area (Å²) >= 11 is 5.89. The van der Waals surface area contributed by atoms with Crippen LogP contribution in [0.1, 0.15) is 15.9 Å². The maximum Gasteiger partial charge on any atom is 0.337 e. The number of esters is 1. The lowest BCUT2D eigenvalue weighted by Crippen LogP contribution is -2.04. The van der Waals surface area contributed by atoms with Gasteiger partial charge in [0.15, 0.2) is 0 Å². The van der Waals surface area contributed by atoms with Gasteiger partial charge in [0.2, 0.25) is 0 Å². The lowest BCUT2D eigenvalue weighted by molar-refractivity contribution is 0.0601. The molecule has 0 fully saturated rings. The number of carbonyl (C=O) groups excluding carboxylic acids is 1. The van der Waals surface area contributed by atoms with E-state index in [9.17, 15) is 4.79 Å². The Balaban J connectivity index is 1.98. The fraction of sp³-hybridized carbons (Fsp3) is 0.125. The topological polar surface area (TPSA) is 44.1 Å². The van der Waals surface area contributed by atoms with Crippen molar-refractivity contribution in [2.75, 3.05) is 7.11 Å². The Morgan fingerprint density at radius 3 is 2.71 bits per heavy atom. The molecule has 0 atom stereocenters. The summed E-state index contributed by atoms with van der Waals surface area (Å²) in [5.74, 6) is -0.351. The number of hydrogen-bond donors (Lipinski definition) is 0. The Morgan fingerprint density at radius 1 is 1.24 bits per heavy atom. The van der Waals surface area contributed by atoms with Gasteiger partial charge in [0.05, 0.1) is 30.9 Å².